The lowest BCUT2D eigenvalue weighted by molar-refractivity contribution is -0.152. The predicted molar refractivity (Wildman–Crippen MR) is 94.6 cm³/mol. The molecule has 0 aliphatic heterocycles. The number of carboxylic acid groups (broad SMARTS) is 1. The SMILES string of the molecule is CCOC(=O)C(c1ccc(C(=O)O)cc1)C1(OS(=O)(=O)C(F)(F)F)CC=CCC1. The van der Waals surface area contributed by atoms with E-state index in [1.54, 1.807) is 6.08 Å². The Kier molecular flexibility index (Phi) is 6.74. The van der Waals surface area contributed by atoms with Gasteiger partial charge in [0.25, 0.3) is 0 Å². The van der Waals surface area contributed by atoms with E-state index in [2.05, 4.69) is 4.18 Å². The standard InChI is InChI=1S/C18H19F3O7S/c1-2-27-16(24)14(12-6-8-13(9-7-12)15(22)23)17(10-4-3-5-11-17)28-29(25,26)18(19,20)21/h3-4,6-9,14H,2,5,10-11H2,1H3,(H,22,23). The minimum absolute atomic E-state index is 0.0844. The molecule has 1 aliphatic carbocycles. The predicted octanol–water partition coefficient (Wildman–Crippen LogP) is 3.38. The van der Waals surface area contributed by atoms with Crippen molar-refractivity contribution in [3.63, 3.8) is 0 Å². The van der Waals surface area contributed by atoms with Crippen LogP contribution in [0.1, 0.15) is 48.0 Å². The topological polar surface area (TPSA) is 107 Å². The Morgan fingerprint density at radius 2 is 1.83 bits per heavy atom. The number of alkyl halides is 3. The van der Waals surface area contributed by atoms with Crippen LogP contribution < -0.4 is 0 Å². The molecule has 160 valence electrons. The number of aromatic carboxylic acids is 1. The minimum Gasteiger partial charge on any atom is -0.478 e. The zero-order chi connectivity index (χ0) is 21.9. The molecule has 0 bridgehead atoms. The first-order valence-electron chi connectivity index (χ1n) is 8.60. The Bertz CT molecular complexity index is 891. The minimum atomic E-state index is -6.01. The van der Waals surface area contributed by atoms with Crippen LogP contribution in [-0.2, 0) is 23.8 Å². The van der Waals surface area contributed by atoms with Crippen LogP contribution in [0.3, 0.4) is 0 Å². The van der Waals surface area contributed by atoms with Crippen molar-refractivity contribution in [1.82, 2.24) is 0 Å². The van der Waals surface area contributed by atoms with Crippen molar-refractivity contribution >= 4 is 22.1 Å². The van der Waals surface area contributed by atoms with Gasteiger partial charge in [-0.2, -0.15) is 21.6 Å². The number of allylic oxidation sites excluding steroid dienone is 1. The average molecular weight is 436 g/mol. The molecule has 2 rings (SSSR count). The zero-order valence-electron chi connectivity index (χ0n) is 15.3. The molecule has 0 spiro atoms. The molecule has 1 aromatic rings. The molecule has 29 heavy (non-hydrogen) atoms. The van der Waals surface area contributed by atoms with Gasteiger partial charge in [-0.05, 0) is 43.9 Å². The summed E-state index contributed by atoms with van der Waals surface area (Å²) in [6.07, 6.45) is 2.77. The molecule has 2 unspecified atom stereocenters. The van der Waals surface area contributed by atoms with Gasteiger partial charge in [-0.1, -0.05) is 24.3 Å². The van der Waals surface area contributed by atoms with E-state index in [0.717, 1.165) is 12.1 Å². The molecule has 1 N–H and O–H groups in total. The number of hydrogen-bond acceptors (Lipinski definition) is 6. The number of rotatable bonds is 7. The molecule has 11 heteroatoms. The van der Waals surface area contributed by atoms with Crippen molar-refractivity contribution in [2.24, 2.45) is 0 Å². The summed E-state index contributed by atoms with van der Waals surface area (Å²) < 4.78 is 72.2. The highest BCUT2D eigenvalue weighted by Crippen LogP contribution is 2.45. The number of ether oxygens (including phenoxy) is 1. The van der Waals surface area contributed by atoms with Crippen LogP contribution in [0, 0.1) is 0 Å². The molecule has 1 aliphatic rings. The number of carbonyl (C=O) groups is 2. The maximum Gasteiger partial charge on any atom is 0.523 e. The maximum atomic E-state index is 13.0. The normalized spacial score (nSPS) is 20.8. The van der Waals surface area contributed by atoms with Crippen molar-refractivity contribution < 1.29 is 45.2 Å². The van der Waals surface area contributed by atoms with Crippen LogP contribution in [0.5, 0.6) is 0 Å². The highest BCUT2D eigenvalue weighted by Gasteiger charge is 2.56. The summed E-state index contributed by atoms with van der Waals surface area (Å²) in [5, 5.41) is 9.02. The third kappa shape index (κ3) is 4.96. The number of hydrogen-bond donors (Lipinski definition) is 1. The highest BCUT2D eigenvalue weighted by molar-refractivity contribution is 7.87. The molecule has 0 saturated carbocycles. The van der Waals surface area contributed by atoms with Crippen LogP contribution >= 0.6 is 0 Å². The van der Waals surface area contributed by atoms with E-state index in [0.29, 0.717) is 0 Å². The molecule has 0 saturated heterocycles. The summed E-state index contributed by atoms with van der Waals surface area (Å²) in [5.41, 5.74) is -7.77. The first-order valence-corrected chi connectivity index (χ1v) is 10.0. The van der Waals surface area contributed by atoms with Crippen molar-refractivity contribution in [1.29, 1.82) is 0 Å². The van der Waals surface area contributed by atoms with Gasteiger partial charge in [0.2, 0.25) is 0 Å². The number of esters is 1. The smallest absolute Gasteiger partial charge is 0.478 e. The molecule has 0 fully saturated rings. The highest BCUT2D eigenvalue weighted by atomic mass is 32.2. The number of halogens is 3. The van der Waals surface area contributed by atoms with Gasteiger partial charge in [-0.3, -0.25) is 8.98 Å². The molecule has 2 atom stereocenters. The number of carbonyl (C=O) groups excluding carboxylic acids is 1. The third-order valence-corrected chi connectivity index (χ3v) is 5.58. The van der Waals surface area contributed by atoms with Crippen LogP contribution in [-0.4, -0.2) is 43.2 Å². The van der Waals surface area contributed by atoms with Crippen LogP contribution in [0.4, 0.5) is 13.2 Å². The van der Waals surface area contributed by atoms with E-state index in [-0.39, 0.29) is 37.0 Å². The second-order valence-electron chi connectivity index (χ2n) is 6.37. The van der Waals surface area contributed by atoms with Gasteiger partial charge < -0.3 is 9.84 Å². The van der Waals surface area contributed by atoms with E-state index in [1.807, 2.05) is 0 Å². The van der Waals surface area contributed by atoms with Crippen molar-refractivity contribution in [2.75, 3.05) is 6.61 Å². The second kappa shape index (κ2) is 8.54. The molecule has 0 amide bonds. The zero-order valence-corrected chi connectivity index (χ0v) is 16.1. The molecule has 0 heterocycles. The van der Waals surface area contributed by atoms with Gasteiger partial charge in [0.05, 0.1) is 12.2 Å². The maximum absolute atomic E-state index is 13.0. The van der Waals surface area contributed by atoms with Crippen molar-refractivity contribution in [3.05, 3.63) is 47.5 Å². The van der Waals surface area contributed by atoms with Crippen molar-refractivity contribution in [3.8, 4) is 0 Å². The molecular formula is C18H19F3O7S. The summed E-state index contributed by atoms with van der Waals surface area (Å²) >= 11 is 0. The van der Waals surface area contributed by atoms with Gasteiger partial charge in [0, 0.05) is 0 Å². The Balaban J connectivity index is 2.60. The lowest BCUT2D eigenvalue weighted by Gasteiger charge is -2.39. The summed E-state index contributed by atoms with van der Waals surface area (Å²) in [7, 11) is -6.01. The van der Waals surface area contributed by atoms with E-state index in [1.165, 1.54) is 25.1 Å². The molecule has 0 aromatic heterocycles. The molecule has 0 radical (unpaired) electrons. The van der Waals surface area contributed by atoms with E-state index in [4.69, 9.17) is 9.84 Å². The van der Waals surface area contributed by atoms with Gasteiger partial charge in [0.1, 0.15) is 11.5 Å². The van der Waals surface area contributed by atoms with Gasteiger partial charge in [-0.15, -0.1) is 0 Å². The van der Waals surface area contributed by atoms with E-state index < -0.39 is 39.1 Å². The van der Waals surface area contributed by atoms with Crippen molar-refractivity contribution in [2.45, 2.75) is 43.2 Å². The third-order valence-electron chi connectivity index (χ3n) is 4.46. The van der Waals surface area contributed by atoms with Crippen LogP contribution in [0.25, 0.3) is 0 Å². The lowest BCUT2D eigenvalue weighted by Crippen LogP contribution is -2.48. The lowest BCUT2D eigenvalue weighted by atomic mass is 9.75. The fourth-order valence-electron chi connectivity index (χ4n) is 3.18. The van der Waals surface area contributed by atoms with Gasteiger partial charge >= 0.3 is 27.6 Å². The largest absolute Gasteiger partial charge is 0.523 e. The Labute approximate surface area is 165 Å². The molecular weight excluding hydrogens is 417 g/mol. The number of carboxylic acids is 1. The Morgan fingerprint density at radius 3 is 2.28 bits per heavy atom. The quantitative estimate of drug-likeness (QED) is 0.302. The van der Waals surface area contributed by atoms with Crippen LogP contribution in [0.2, 0.25) is 0 Å². The van der Waals surface area contributed by atoms with E-state index in [9.17, 15) is 31.2 Å². The van der Waals surface area contributed by atoms with Gasteiger partial charge in [-0.25, -0.2) is 4.79 Å². The van der Waals surface area contributed by atoms with Gasteiger partial charge in [0.15, 0.2) is 0 Å². The van der Waals surface area contributed by atoms with E-state index >= 15 is 0 Å². The summed E-state index contributed by atoms with van der Waals surface area (Å²) in [4.78, 5) is 23.7. The summed E-state index contributed by atoms with van der Waals surface area (Å²) in [6.45, 7) is 1.39. The Morgan fingerprint density at radius 1 is 1.21 bits per heavy atom. The fourth-order valence-corrected chi connectivity index (χ4v) is 3.96. The first-order chi connectivity index (χ1) is 13.4. The summed E-state index contributed by atoms with van der Waals surface area (Å²) in [6, 6.07) is 4.78. The number of benzene rings is 1. The summed E-state index contributed by atoms with van der Waals surface area (Å²) in [5.74, 6) is -3.73. The molecule has 1 aromatic carbocycles. The molecule has 7 nitrogen and oxygen atoms in total. The second-order valence-corrected chi connectivity index (χ2v) is 7.91. The van der Waals surface area contributed by atoms with Crippen LogP contribution in [0.15, 0.2) is 36.4 Å². The fraction of sp³-hybridized carbons (Fsp3) is 0.444. The Hall–Kier alpha value is -2.40. The monoisotopic (exact) mass is 436 g/mol. The first kappa shape index (κ1) is 22.9. The average Bonchev–Trinajstić information content (AvgIpc) is 2.62.